The van der Waals surface area contributed by atoms with Crippen molar-refractivity contribution in [2.24, 2.45) is 11.1 Å². The highest BCUT2D eigenvalue weighted by molar-refractivity contribution is 5.85. The molecule has 0 radical (unpaired) electrons. The molecule has 0 heterocycles. The van der Waals surface area contributed by atoms with Gasteiger partial charge in [-0.2, -0.15) is 0 Å². The quantitative estimate of drug-likeness (QED) is 0.891. The molecule has 104 valence electrons. The van der Waals surface area contributed by atoms with E-state index in [1.54, 1.807) is 0 Å². The molecular weight excluding hydrogens is 244 g/mol. The summed E-state index contributed by atoms with van der Waals surface area (Å²) in [6.07, 6.45) is 0. The third kappa shape index (κ3) is 5.38. The van der Waals surface area contributed by atoms with E-state index in [0.717, 1.165) is 19.6 Å². The third-order valence-electron chi connectivity index (χ3n) is 3.19. The van der Waals surface area contributed by atoms with E-state index >= 15 is 0 Å². The average Bonchev–Trinajstić information content (AvgIpc) is 2.21. The largest absolute Gasteiger partial charge is 0.330 e. The lowest BCUT2D eigenvalue weighted by Crippen LogP contribution is -2.36. The summed E-state index contributed by atoms with van der Waals surface area (Å²) in [4.78, 5) is 2.35. The van der Waals surface area contributed by atoms with E-state index in [4.69, 9.17) is 5.73 Å². The molecule has 0 aliphatic carbocycles. The van der Waals surface area contributed by atoms with Crippen molar-refractivity contribution in [2.45, 2.75) is 34.2 Å². The van der Waals surface area contributed by atoms with Crippen molar-refractivity contribution in [3.8, 4) is 0 Å². The van der Waals surface area contributed by atoms with E-state index in [0.29, 0.717) is 0 Å². The van der Waals surface area contributed by atoms with Gasteiger partial charge in [-0.15, -0.1) is 12.4 Å². The van der Waals surface area contributed by atoms with Crippen LogP contribution in [0.5, 0.6) is 0 Å². The predicted molar refractivity (Wildman–Crippen MR) is 82.3 cm³/mol. The summed E-state index contributed by atoms with van der Waals surface area (Å²) >= 11 is 0. The molecule has 1 aromatic rings. The van der Waals surface area contributed by atoms with Gasteiger partial charge in [0.15, 0.2) is 0 Å². The van der Waals surface area contributed by atoms with Crippen molar-refractivity contribution >= 4 is 12.4 Å². The summed E-state index contributed by atoms with van der Waals surface area (Å²) in [5.41, 5.74) is 10.1. The van der Waals surface area contributed by atoms with Crippen molar-refractivity contribution in [1.82, 2.24) is 4.90 Å². The molecular formula is C15H27ClN2. The van der Waals surface area contributed by atoms with Crippen molar-refractivity contribution < 1.29 is 0 Å². The monoisotopic (exact) mass is 270 g/mol. The zero-order chi connectivity index (χ0) is 13.1. The van der Waals surface area contributed by atoms with Crippen LogP contribution in [0.1, 0.15) is 30.5 Å². The molecule has 2 N–H and O–H groups in total. The predicted octanol–water partition coefficient (Wildman–Crippen LogP) is 3.14. The minimum absolute atomic E-state index is 0. The number of halogens is 1. The van der Waals surface area contributed by atoms with Gasteiger partial charge >= 0.3 is 0 Å². The van der Waals surface area contributed by atoms with Crippen LogP contribution < -0.4 is 5.73 Å². The lowest BCUT2D eigenvalue weighted by Gasteiger charge is -2.29. The van der Waals surface area contributed by atoms with Gasteiger partial charge in [-0.3, -0.25) is 0 Å². The highest BCUT2D eigenvalue weighted by Crippen LogP contribution is 2.17. The fraction of sp³-hybridized carbons (Fsp3) is 0.600. The molecule has 3 heteroatoms. The Hall–Kier alpha value is -0.570. The van der Waals surface area contributed by atoms with Gasteiger partial charge < -0.3 is 10.6 Å². The van der Waals surface area contributed by atoms with E-state index in [-0.39, 0.29) is 17.8 Å². The maximum Gasteiger partial charge on any atom is 0.0233 e. The van der Waals surface area contributed by atoms with Crippen LogP contribution in [0.4, 0.5) is 0 Å². The number of aryl methyl sites for hydroxylation is 2. The van der Waals surface area contributed by atoms with Gasteiger partial charge in [-0.25, -0.2) is 0 Å². The number of hydrogen-bond donors (Lipinski definition) is 1. The molecule has 0 aliphatic rings. The van der Waals surface area contributed by atoms with E-state index in [1.807, 2.05) is 0 Å². The fourth-order valence-electron chi connectivity index (χ4n) is 2.17. The summed E-state index contributed by atoms with van der Waals surface area (Å²) in [5, 5.41) is 0. The Bertz CT molecular complexity index is 375. The summed E-state index contributed by atoms with van der Waals surface area (Å²) in [7, 11) is 2.16. The summed E-state index contributed by atoms with van der Waals surface area (Å²) in [5.74, 6) is 0. The standard InChI is InChI=1S/C15H26N2.ClH/c1-12-6-7-14(13(2)8-12)9-17(5)11-15(3,4)10-16;/h6-8H,9-11,16H2,1-5H3;1H. The normalized spacial score (nSPS) is 11.5. The summed E-state index contributed by atoms with van der Waals surface area (Å²) in [6, 6.07) is 6.66. The lowest BCUT2D eigenvalue weighted by molar-refractivity contribution is 0.209. The van der Waals surface area contributed by atoms with Crippen LogP contribution in [0, 0.1) is 19.3 Å². The molecule has 18 heavy (non-hydrogen) atoms. The molecule has 0 spiro atoms. The first kappa shape index (κ1) is 17.4. The van der Waals surface area contributed by atoms with Crippen molar-refractivity contribution in [3.05, 3.63) is 34.9 Å². The molecule has 0 amide bonds. The maximum atomic E-state index is 5.77. The molecule has 0 atom stereocenters. The van der Waals surface area contributed by atoms with Crippen LogP contribution in [-0.4, -0.2) is 25.0 Å². The Morgan fingerprint density at radius 2 is 1.83 bits per heavy atom. The van der Waals surface area contributed by atoms with E-state index < -0.39 is 0 Å². The van der Waals surface area contributed by atoms with Crippen molar-refractivity contribution in [3.63, 3.8) is 0 Å². The first-order valence-electron chi connectivity index (χ1n) is 6.29. The number of hydrogen-bond acceptors (Lipinski definition) is 2. The molecule has 0 saturated heterocycles. The Balaban J connectivity index is 0.00000289. The van der Waals surface area contributed by atoms with E-state index in [2.05, 4.69) is 57.8 Å². The SMILES string of the molecule is Cc1ccc(CN(C)CC(C)(C)CN)c(C)c1.Cl. The molecule has 0 aromatic heterocycles. The van der Waals surface area contributed by atoms with Gasteiger partial charge in [-0.05, 0) is 44.0 Å². The van der Waals surface area contributed by atoms with E-state index in [9.17, 15) is 0 Å². The molecule has 2 nitrogen and oxygen atoms in total. The smallest absolute Gasteiger partial charge is 0.0233 e. The molecule has 0 aliphatic heterocycles. The Kier molecular flexibility index (Phi) is 6.90. The first-order valence-corrected chi connectivity index (χ1v) is 6.29. The van der Waals surface area contributed by atoms with Crippen LogP contribution in [0.3, 0.4) is 0 Å². The summed E-state index contributed by atoms with van der Waals surface area (Å²) < 4.78 is 0. The molecule has 0 unspecified atom stereocenters. The Labute approximate surface area is 118 Å². The average molecular weight is 271 g/mol. The second kappa shape index (κ2) is 7.13. The van der Waals surface area contributed by atoms with Gasteiger partial charge in [0.25, 0.3) is 0 Å². The van der Waals surface area contributed by atoms with Crippen LogP contribution in [0.15, 0.2) is 18.2 Å². The molecule has 1 aromatic carbocycles. The molecule has 1 rings (SSSR count). The first-order chi connectivity index (χ1) is 7.84. The van der Waals surface area contributed by atoms with Crippen LogP contribution in [0.25, 0.3) is 0 Å². The minimum atomic E-state index is 0. The van der Waals surface area contributed by atoms with Gasteiger partial charge in [-0.1, -0.05) is 37.6 Å². The highest BCUT2D eigenvalue weighted by Gasteiger charge is 2.18. The lowest BCUT2D eigenvalue weighted by atomic mass is 9.93. The second-order valence-corrected chi connectivity index (χ2v) is 5.97. The molecule has 0 saturated carbocycles. The number of nitrogens with two attached hydrogens (primary N) is 1. The zero-order valence-corrected chi connectivity index (χ0v) is 13.1. The number of rotatable bonds is 5. The van der Waals surface area contributed by atoms with Gasteiger partial charge in [0, 0.05) is 13.1 Å². The maximum absolute atomic E-state index is 5.77. The topological polar surface area (TPSA) is 29.3 Å². The third-order valence-corrected chi connectivity index (χ3v) is 3.19. The van der Waals surface area contributed by atoms with Crippen LogP contribution in [-0.2, 0) is 6.54 Å². The van der Waals surface area contributed by atoms with Crippen LogP contribution in [0.2, 0.25) is 0 Å². The number of nitrogens with zero attached hydrogens (tertiary/aromatic N) is 1. The molecule has 0 fully saturated rings. The Morgan fingerprint density at radius 3 is 2.33 bits per heavy atom. The zero-order valence-electron chi connectivity index (χ0n) is 12.3. The van der Waals surface area contributed by atoms with Gasteiger partial charge in [0.05, 0.1) is 0 Å². The minimum Gasteiger partial charge on any atom is -0.330 e. The second-order valence-electron chi connectivity index (χ2n) is 5.97. The van der Waals surface area contributed by atoms with Crippen molar-refractivity contribution in [1.29, 1.82) is 0 Å². The number of benzene rings is 1. The van der Waals surface area contributed by atoms with Gasteiger partial charge in [0.1, 0.15) is 0 Å². The Morgan fingerprint density at radius 1 is 1.22 bits per heavy atom. The molecule has 0 bridgehead atoms. The highest BCUT2D eigenvalue weighted by atomic mass is 35.5. The van der Waals surface area contributed by atoms with Crippen LogP contribution >= 0.6 is 12.4 Å². The van der Waals surface area contributed by atoms with E-state index in [1.165, 1.54) is 16.7 Å². The van der Waals surface area contributed by atoms with Crippen molar-refractivity contribution in [2.75, 3.05) is 20.1 Å². The summed E-state index contributed by atoms with van der Waals surface area (Å²) in [6.45, 7) is 11.5. The van der Waals surface area contributed by atoms with Gasteiger partial charge in [0.2, 0.25) is 0 Å². The fourth-order valence-corrected chi connectivity index (χ4v) is 2.17.